The molecular formula is C20H31N3O2. The largest absolute Gasteiger partial charge is 0.381 e. The molecular weight excluding hydrogens is 314 g/mol. The van der Waals surface area contributed by atoms with Gasteiger partial charge in [-0.25, -0.2) is 4.98 Å². The summed E-state index contributed by atoms with van der Waals surface area (Å²) in [7, 11) is 1.79. The molecule has 1 saturated carbocycles. The van der Waals surface area contributed by atoms with Crippen LogP contribution in [0.2, 0.25) is 0 Å². The Bertz CT molecular complexity index is 750. The van der Waals surface area contributed by atoms with Gasteiger partial charge >= 0.3 is 0 Å². The Hall–Kier alpha value is -1.62. The van der Waals surface area contributed by atoms with Crippen LogP contribution >= 0.6 is 0 Å². The zero-order valence-corrected chi connectivity index (χ0v) is 15.8. The second kappa shape index (κ2) is 8.17. The van der Waals surface area contributed by atoms with Crippen LogP contribution in [-0.2, 0) is 11.8 Å². The number of aromatic nitrogens is 3. The van der Waals surface area contributed by atoms with Crippen molar-refractivity contribution in [2.75, 3.05) is 13.2 Å². The van der Waals surface area contributed by atoms with Crippen LogP contribution in [0.15, 0.2) is 17.2 Å². The van der Waals surface area contributed by atoms with Crippen LogP contribution < -0.4 is 5.56 Å². The predicted octanol–water partition coefficient (Wildman–Crippen LogP) is 3.82. The zero-order chi connectivity index (χ0) is 17.8. The highest BCUT2D eigenvalue weighted by Gasteiger charge is 2.21. The molecule has 0 radical (unpaired) electrons. The summed E-state index contributed by atoms with van der Waals surface area (Å²) >= 11 is 0. The maximum Gasteiger partial charge on any atom is 0.276 e. The van der Waals surface area contributed by atoms with E-state index in [4.69, 9.17) is 4.74 Å². The van der Waals surface area contributed by atoms with Gasteiger partial charge in [-0.3, -0.25) is 9.20 Å². The summed E-state index contributed by atoms with van der Waals surface area (Å²) in [5.74, 6) is 2.43. The van der Waals surface area contributed by atoms with Crippen molar-refractivity contribution < 1.29 is 4.74 Å². The minimum atomic E-state index is 0.0146. The van der Waals surface area contributed by atoms with E-state index in [1.165, 1.54) is 32.1 Å². The molecule has 1 aliphatic carbocycles. The van der Waals surface area contributed by atoms with Crippen molar-refractivity contribution in [1.82, 2.24) is 14.0 Å². The number of nitrogens with zero attached hydrogens (tertiary/aromatic N) is 3. The average molecular weight is 345 g/mol. The summed E-state index contributed by atoms with van der Waals surface area (Å²) in [6.07, 6.45) is 13.1. The van der Waals surface area contributed by atoms with Gasteiger partial charge in [0.1, 0.15) is 11.3 Å². The van der Waals surface area contributed by atoms with E-state index < -0.39 is 0 Å². The lowest BCUT2D eigenvalue weighted by Crippen LogP contribution is -2.22. The summed E-state index contributed by atoms with van der Waals surface area (Å²) in [4.78, 5) is 16.6. The first-order valence-electron chi connectivity index (χ1n) is 9.69. The van der Waals surface area contributed by atoms with Gasteiger partial charge in [-0.05, 0) is 25.7 Å². The quantitative estimate of drug-likeness (QED) is 0.789. The van der Waals surface area contributed by atoms with Gasteiger partial charge < -0.3 is 9.30 Å². The van der Waals surface area contributed by atoms with E-state index in [0.717, 1.165) is 43.5 Å². The van der Waals surface area contributed by atoms with Gasteiger partial charge in [0.2, 0.25) is 0 Å². The van der Waals surface area contributed by atoms with Gasteiger partial charge in [0.25, 0.3) is 5.56 Å². The Kier molecular flexibility index (Phi) is 5.94. The van der Waals surface area contributed by atoms with E-state index in [1.54, 1.807) is 17.8 Å². The van der Waals surface area contributed by atoms with Gasteiger partial charge in [-0.2, -0.15) is 0 Å². The molecule has 2 aromatic heterocycles. The Morgan fingerprint density at radius 2 is 1.80 bits per heavy atom. The average Bonchev–Trinajstić information content (AvgIpc) is 3.05. The Balaban J connectivity index is 0.000000219. The van der Waals surface area contributed by atoms with Crippen LogP contribution in [-0.4, -0.2) is 27.2 Å². The third-order valence-corrected chi connectivity index (χ3v) is 5.67. The second-order valence-corrected chi connectivity index (χ2v) is 7.64. The number of hydrogen-bond donors (Lipinski definition) is 0. The molecule has 138 valence electrons. The number of imidazole rings is 1. The molecule has 2 aliphatic rings. The number of hydrogen-bond acceptors (Lipinski definition) is 3. The normalized spacial score (nSPS) is 19.6. The second-order valence-electron chi connectivity index (χ2n) is 7.64. The zero-order valence-electron chi connectivity index (χ0n) is 15.8. The Morgan fingerprint density at radius 3 is 2.40 bits per heavy atom. The molecule has 1 aliphatic heterocycles. The minimum absolute atomic E-state index is 0.0146. The maximum absolute atomic E-state index is 12.1. The van der Waals surface area contributed by atoms with Crippen LogP contribution in [0.1, 0.15) is 69.3 Å². The van der Waals surface area contributed by atoms with Crippen LogP contribution in [0.25, 0.3) is 5.52 Å². The third-order valence-electron chi connectivity index (χ3n) is 5.67. The molecule has 4 rings (SSSR count). The summed E-state index contributed by atoms with van der Waals surface area (Å²) in [6.45, 7) is 5.86. The van der Waals surface area contributed by atoms with Crippen LogP contribution in [0.5, 0.6) is 0 Å². The monoisotopic (exact) mass is 345 g/mol. The maximum atomic E-state index is 12.1. The summed E-state index contributed by atoms with van der Waals surface area (Å²) in [5.41, 5.74) is 1.62. The SMILES string of the molecule is CC1CCCCC1.Cc1cn2c(C3CCOCC3)ncc2c(=O)n1C. The fourth-order valence-electron chi connectivity index (χ4n) is 3.84. The molecule has 0 aromatic carbocycles. The van der Waals surface area contributed by atoms with Crippen LogP contribution in [0.3, 0.4) is 0 Å². The lowest BCUT2D eigenvalue weighted by Gasteiger charge is -2.21. The van der Waals surface area contributed by atoms with Crippen LogP contribution in [0.4, 0.5) is 0 Å². The minimum Gasteiger partial charge on any atom is -0.381 e. The van der Waals surface area contributed by atoms with E-state index in [1.807, 2.05) is 17.5 Å². The van der Waals surface area contributed by atoms with Crippen molar-refractivity contribution >= 4 is 5.52 Å². The molecule has 0 bridgehead atoms. The highest BCUT2D eigenvalue weighted by atomic mass is 16.5. The first kappa shape index (κ1) is 18.2. The molecule has 3 heterocycles. The molecule has 5 heteroatoms. The standard InChI is InChI=1S/C13H17N3O2.C7H14/c1-9-8-16-11(13(17)15(9)2)7-14-12(16)10-3-5-18-6-4-10;1-7-5-3-2-4-6-7/h7-8,10H,3-6H2,1-2H3;7H,2-6H2,1H3. The van der Waals surface area contributed by atoms with Gasteiger partial charge in [0, 0.05) is 38.1 Å². The first-order chi connectivity index (χ1) is 12.1. The molecule has 0 unspecified atom stereocenters. The van der Waals surface area contributed by atoms with E-state index in [-0.39, 0.29) is 5.56 Å². The first-order valence-corrected chi connectivity index (χ1v) is 9.69. The summed E-state index contributed by atoms with van der Waals surface area (Å²) in [6, 6.07) is 0. The molecule has 0 amide bonds. The molecule has 0 N–H and O–H groups in total. The van der Waals surface area contributed by atoms with Crippen molar-refractivity contribution in [3.8, 4) is 0 Å². The Morgan fingerprint density at radius 1 is 1.12 bits per heavy atom. The summed E-state index contributed by atoms with van der Waals surface area (Å²) in [5, 5.41) is 0. The topological polar surface area (TPSA) is 48.5 Å². The number of ether oxygens (including phenoxy) is 1. The van der Waals surface area contributed by atoms with E-state index in [0.29, 0.717) is 11.4 Å². The molecule has 2 aromatic rings. The number of aryl methyl sites for hydroxylation is 1. The molecule has 0 spiro atoms. The Labute approximate surface area is 150 Å². The smallest absolute Gasteiger partial charge is 0.276 e. The highest BCUT2D eigenvalue weighted by Crippen LogP contribution is 2.26. The van der Waals surface area contributed by atoms with Gasteiger partial charge in [-0.1, -0.05) is 39.0 Å². The van der Waals surface area contributed by atoms with E-state index >= 15 is 0 Å². The molecule has 25 heavy (non-hydrogen) atoms. The van der Waals surface area contributed by atoms with E-state index in [9.17, 15) is 4.79 Å². The van der Waals surface area contributed by atoms with Gasteiger partial charge in [-0.15, -0.1) is 0 Å². The number of fused-ring (bicyclic) bond motifs is 1. The van der Waals surface area contributed by atoms with Crippen molar-refractivity contribution in [3.05, 3.63) is 34.3 Å². The molecule has 2 fully saturated rings. The lowest BCUT2D eigenvalue weighted by molar-refractivity contribution is 0.0835. The van der Waals surface area contributed by atoms with Gasteiger partial charge in [0.05, 0.1) is 6.20 Å². The molecule has 1 saturated heterocycles. The molecule has 0 atom stereocenters. The van der Waals surface area contributed by atoms with Crippen molar-refractivity contribution in [3.63, 3.8) is 0 Å². The fraction of sp³-hybridized carbons (Fsp3) is 0.700. The summed E-state index contributed by atoms with van der Waals surface area (Å²) < 4.78 is 8.98. The lowest BCUT2D eigenvalue weighted by atomic mass is 9.91. The van der Waals surface area contributed by atoms with E-state index in [2.05, 4.69) is 11.9 Å². The van der Waals surface area contributed by atoms with Crippen molar-refractivity contribution in [2.24, 2.45) is 13.0 Å². The predicted molar refractivity (Wildman–Crippen MR) is 100 cm³/mol. The number of rotatable bonds is 1. The van der Waals surface area contributed by atoms with Crippen molar-refractivity contribution in [1.29, 1.82) is 0 Å². The highest BCUT2D eigenvalue weighted by molar-refractivity contribution is 5.44. The van der Waals surface area contributed by atoms with Gasteiger partial charge in [0.15, 0.2) is 0 Å². The molecule has 5 nitrogen and oxygen atoms in total. The van der Waals surface area contributed by atoms with Crippen molar-refractivity contribution in [2.45, 2.75) is 64.7 Å². The fourth-order valence-corrected chi connectivity index (χ4v) is 3.84. The third kappa shape index (κ3) is 4.14. The van der Waals surface area contributed by atoms with Crippen LogP contribution in [0, 0.1) is 12.8 Å².